The molecule has 0 atom stereocenters. The van der Waals surface area contributed by atoms with E-state index >= 15 is 0 Å². The minimum absolute atomic E-state index is 0.0994. The first-order chi connectivity index (χ1) is 21.5. The zero-order valence-electron chi connectivity index (χ0n) is 24.0. The van der Waals surface area contributed by atoms with E-state index in [2.05, 4.69) is 29.9 Å². The lowest BCUT2D eigenvalue weighted by molar-refractivity contribution is 0.242. The van der Waals surface area contributed by atoms with E-state index in [0.29, 0.717) is 5.56 Å². The third kappa shape index (κ3) is 13.3. The minimum atomic E-state index is -1.88. The van der Waals surface area contributed by atoms with Gasteiger partial charge in [-0.2, -0.15) is 0 Å². The Morgan fingerprint density at radius 1 is 0.532 bits per heavy atom. The zero-order chi connectivity index (χ0) is 35.4. The quantitative estimate of drug-likeness (QED) is 0.185. The second-order valence-electron chi connectivity index (χ2n) is 9.57. The van der Waals surface area contributed by atoms with Gasteiger partial charge in [0.2, 0.25) is 15.2 Å². The smallest absolute Gasteiger partial charge is 0.250 e. The van der Waals surface area contributed by atoms with Gasteiger partial charge in [-0.25, -0.2) is 29.9 Å². The van der Waals surface area contributed by atoms with Crippen molar-refractivity contribution in [3.63, 3.8) is 0 Å². The summed E-state index contributed by atoms with van der Waals surface area (Å²) in [5, 5.41) is 0. The number of hydrogen-bond acceptors (Lipinski definition) is 7. The Bertz CT molecular complexity index is 1620. The molecular weight excluding hydrogens is 862 g/mol. The van der Waals surface area contributed by atoms with Gasteiger partial charge in [-0.15, -0.1) is 0 Å². The lowest BCUT2D eigenvalue weighted by atomic mass is 10.1. The van der Waals surface area contributed by atoms with Crippen LogP contribution in [0.1, 0.15) is 54.1 Å². The van der Waals surface area contributed by atoms with Crippen molar-refractivity contribution in [2.24, 2.45) is 0 Å². The highest BCUT2D eigenvalue weighted by Crippen LogP contribution is 2.41. The van der Waals surface area contributed by atoms with Crippen LogP contribution in [0.25, 0.3) is 23.5 Å². The van der Waals surface area contributed by atoms with E-state index < -0.39 is 15.2 Å². The van der Waals surface area contributed by atoms with Crippen molar-refractivity contribution in [1.82, 2.24) is 29.9 Å². The lowest BCUT2D eigenvalue weighted by Gasteiger charge is -2.15. The van der Waals surface area contributed by atoms with E-state index in [1.165, 1.54) is 0 Å². The summed E-state index contributed by atoms with van der Waals surface area (Å²) >= 11 is 69.9. The summed E-state index contributed by atoms with van der Waals surface area (Å²) in [6.45, 7) is 5.87. The van der Waals surface area contributed by atoms with Crippen LogP contribution in [0.5, 0.6) is 5.75 Å². The molecule has 2 aromatic heterocycles. The maximum atomic E-state index is 5.84. The zero-order valence-corrected chi connectivity index (χ0v) is 33.0. The summed E-state index contributed by atoms with van der Waals surface area (Å²) in [5.41, 5.74) is 2.65. The topological polar surface area (TPSA) is 86.6 Å². The molecular formula is C28H20Cl12N6O. The van der Waals surface area contributed by atoms with Crippen LogP contribution in [0.3, 0.4) is 0 Å². The Kier molecular flexibility index (Phi) is 14.5. The summed E-state index contributed by atoms with van der Waals surface area (Å²) < 4.78 is -1.88. The second-order valence-corrected chi connectivity index (χ2v) is 18.7. The average molecular weight is 882 g/mol. The molecule has 7 nitrogen and oxygen atoms in total. The van der Waals surface area contributed by atoms with E-state index in [1.807, 2.05) is 69.3 Å². The molecule has 252 valence electrons. The van der Waals surface area contributed by atoms with Crippen molar-refractivity contribution >= 4 is 151 Å². The van der Waals surface area contributed by atoms with E-state index in [0.717, 1.165) is 16.9 Å². The molecule has 0 saturated carbocycles. The molecule has 0 unspecified atom stereocenters. The fraction of sp³-hybridized carbons (Fsp3) is 0.286. The molecule has 0 spiro atoms. The van der Waals surface area contributed by atoms with E-state index in [1.54, 1.807) is 12.2 Å². The Labute approximate surface area is 331 Å². The van der Waals surface area contributed by atoms with Gasteiger partial charge in [0.1, 0.15) is 5.75 Å². The molecule has 0 bridgehead atoms. The van der Waals surface area contributed by atoms with Gasteiger partial charge in [-0.05, 0) is 44.5 Å². The van der Waals surface area contributed by atoms with E-state index in [-0.39, 0.29) is 41.1 Å². The number of hydrogen-bond donors (Lipinski definition) is 0. The van der Waals surface area contributed by atoms with E-state index in [4.69, 9.17) is 144 Å². The standard InChI is InChI=1S/C16H13Cl6N3O.C12H7Cl6N3/c1-9(2)26-11-6-3-10(4-7-11)5-8-12-23-13(15(17,18)19)25-14(24-12)16(20,21)22;1-6-2-4-7(5-3-6)8-19-9(11(13,14)15)21-10(20-8)12(16,17)18/h3-9H,1-2H3;2-5H,1H3. The largest absolute Gasteiger partial charge is 0.491 e. The summed E-state index contributed by atoms with van der Waals surface area (Å²) in [7, 11) is 0. The first-order valence-electron chi connectivity index (χ1n) is 12.8. The Morgan fingerprint density at radius 3 is 1.32 bits per heavy atom. The first kappa shape index (κ1) is 40.9. The molecule has 0 amide bonds. The minimum Gasteiger partial charge on any atom is -0.491 e. The second kappa shape index (κ2) is 16.7. The van der Waals surface area contributed by atoms with Crippen molar-refractivity contribution < 1.29 is 4.74 Å². The molecule has 0 aliphatic heterocycles. The molecule has 0 N–H and O–H groups in total. The van der Waals surface area contributed by atoms with Crippen molar-refractivity contribution in [1.29, 1.82) is 0 Å². The SMILES string of the molecule is CC(C)Oc1ccc(C=Cc2nc(C(Cl)(Cl)Cl)nc(C(Cl)(Cl)Cl)n2)cc1.Cc1ccc(-c2nc(C(Cl)(Cl)Cl)nc(C(Cl)(Cl)Cl)n2)cc1. The van der Waals surface area contributed by atoms with Crippen LogP contribution in [-0.2, 0) is 15.2 Å². The lowest BCUT2D eigenvalue weighted by Crippen LogP contribution is -2.16. The van der Waals surface area contributed by atoms with Crippen LogP contribution < -0.4 is 4.74 Å². The fourth-order valence-electron chi connectivity index (χ4n) is 3.28. The van der Waals surface area contributed by atoms with Gasteiger partial charge < -0.3 is 4.74 Å². The first-order valence-corrected chi connectivity index (χ1v) is 17.4. The van der Waals surface area contributed by atoms with Crippen LogP contribution in [0.4, 0.5) is 0 Å². The number of aromatic nitrogens is 6. The predicted octanol–water partition coefficient (Wildman–Crippen LogP) is 12.0. The van der Waals surface area contributed by atoms with Gasteiger partial charge >= 0.3 is 0 Å². The Morgan fingerprint density at radius 2 is 0.936 bits per heavy atom. The molecule has 47 heavy (non-hydrogen) atoms. The molecule has 0 fully saturated rings. The molecule has 0 aliphatic rings. The van der Waals surface area contributed by atoms with Crippen molar-refractivity contribution in [2.45, 2.75) is 42.0 Å². The molecule has 4 aromatic rings. The van der Waals surface area contributed by atoms with Crippen molar-refractivity contribution in [2.75, 3.05) is 0 Å². The van der Waals surface area contributed by atoms with Crippen molar-refractivity contribution in [3.05, 3.63) is 88.8 Å². The van der Waals surface area contributed by atoms with Gasteiger partial charge in [0.15, 0.2) is 34.9 Å². The van der Waals surface area contributed by atoms with Gasteiger partial charge in [0.05, 0.1) is 6.10 Å². The number of alkyl halides is 12. The number of nitrogens with zero attached hydrogens (tertiary/aromatic N) is 6. The van der Waals surface area contributed by atoms with Crippen LogP contribution in [-0.4, -0.2) is 36.0 Å². The highest BCUT2D eigenvalue weighted by molar-refractivity contribution is 6.68. The third-order valence-electron chi connectivity index (χ3n) is 5.29. The van der Waals surface area contributed by atoms with Crippen LogP contribution >= 0.6 is 139 Å². The third-order valence-corrected chi connectivity index (χ3v) is 7.32. The number of aryl methyl sites for hydroxylation is 1. The molecule has 0 radical (unpaired) electrons. The Hall–Kier alpha value is -0.520. The summed E-state index contributed by atoms with van der Waals surface area (Å²) in [6, 6.07) is 14.9. The van der Waals surface area contributed by atoms with Gasteiger partial charge in [-0.3, -0.25) is 0 Å². The molecule has 4 rings (SSSR count). The Balaban J connectivity index is 0.000000261. The number of halogens is 12. The molecule has 2 heterocycles. The molecule has 2 aromatic carbocycles. The monoisotopic (exact) mass is 876 g/mol. The van der Waals surface area contributed by atoms with Crippen molar-refractivity contribution in [3.8, 4) is 17.1 Å². The van der Waals surface area contributed by atoms with Gasteiger partial charge in [0, 0.05) is 5.56 Å². The fourth-order valence-corrected chi connectivity index (χ4v) is 4.30. The molecule has 19 heteroatoms. The summed E-state index contributed by atoms with van der Waals surface area (Å²) in [6.07, 6.45) is 3.46. The van der Waals surface area contributed by atoms with Crippen LogP contribution in [0, 0.1) is 6.92 Å². The number of rotatable bonds is 5. The maximum Gasteiger partial charge on any atom is 0.250 e. The number of ether oxygens (including phenoxy) is 1. The summed E-state index contributed by atoms with van der Waals surface area (Å²) in [5.74, 6) is 0.712. The highest BCUT2D eigenvalue weighted by atomic mass is 35.6. The maximum absolute atomic E-state index is 5.84. The molecule has 0 saturated heterocycles. The predicted molar refractivity (Wildman–Crippen MR) is 198 cm³/mol. The van der Waals surface area contributed by atoms with Crippen LogP contribution in [0.15, 0.2) is 48.5 Å². The van der Waals surface area contributed by atoms with Gasteiger partial charge in [0.25, 0.3) is 0 Å². The van der Waals surface area contributed by atoms with E-state index in [9.17, 15) is 0 Å². The highest BCUT2D eigenvalue weighted by Gasteiger charge is 2.35. The van der Waals surface area contributed by atoms with Gasteiger partial charge in [-0.1, -0.05) is 187 Å². The number of benzene rings is 2. The molecule has 0 aliphatic carbocycles. The average Bonchev–Trinajstić information content (AvgIpc) is 2.95. The summed E-state index contributed by atoms with van der Waals surface area (Å²) in [4.78, 5) is 24.2. The van der Waals surface area contributed by atoms with Crippen LogP contribution in [0.2, 0.25) is 0 Å². The normalized spacial score (nSPS) is 12.7.